The predicted octanol–water partition coefficient (Wildman–Crippen LogP) is 6.69. The molecule has 0 bridgehead atoms. The SMILES string of the molecule is Cc1nc2cc(C)c(-c3[nH]c4ccc(C5CCN(C6CCSCC6)CC5)cc4c3C(C)C)cn2n1. The standard InChI is InChI=1S/C29H37N5S/c1-18(2)28-24-16-22(21-7-11-33(12-8-21)23-9-13-35-14-10-23)5-6-26(24)31-29(28)25-17-34-27(15-19(25)3)30-20(4)32-34/h5-6,15-18,21,23,31H,7-14H2,1-4H3. The van der Waals surface area contributed by atoms with E-state index in [1.54, 1.807) is 0 Å². The van der Waals surface area contributed by atoms with Crippen molar-refractivity contribution in [3.05, 3.63) is 53.0 Å². The Hall–Kier alpha value is -2.31. The van der Waals surface area contributed by atoms with Crippen LogP contribution in [0.4, 0.5) is 0 Å². The molecule has 1 N–H and O–H groups in total. The molecule has 0 amide bonds. The fraction of sp³-hybridized carbons (Fsp3) is 0.517. The van der Waals surface area contributed by atoms with Gasteiger partial charge < -0.3 is 9.88 Å². The fourth-order valence-corrected chi connectivity index (χ4v) is 7.42. The first kappa shape index (κ1) is 23.1. The van der Waals surface area contributed by atoms with Crippen molar-refractivity contribution in [1.82, 2.24) is 24.5 Å². The van der Waals surface area contributed by atoms with E-state index in [0.717, 1.165) is 17.5 Å². The lowest BCUT2D eigenvalue weighted by molar-refractivity contribution is 0.144. The lowest BCUT2D eigenvalue weighted by Gasteiger charge is -2.39. The molecular weight excluding hydrogens is 450 g/mol. The Labute approximate surface area is 212 Å². The van der Waals surface area contributed by atoms with Crippen molar-refractivity contribution < 1.29 is 0 Å². The zero-order chi connectivity index (χ0) is 24.1. The van der Waals surface area contributed by atoms with Gasteiger partial charge in [0.2, 0.25) is 0 Å². The molecule has 2 aliphatic heterocycles. The number of nitrogens with zero attached hydrogens (tertiary/aromatic N) is 4. The van der Waals surface area contributed by atoms with Gasteiger partial charge >= 0.3 is 0 Å². The number of aromatic amines is 1. The van der Waals surface area contributed by atoms with Crippen molar-refractivity contribution in [3.63, 3.8) is 0 Å². The second-order valence-electron chi connectivity index (χ2n) is 10.9. The fourth-order valence-electron chi connectivity index (χ4n) is 6.34. The summed E-state index contributed by atoms with van der Waals surface area (Å²) in [4.78, 5) is 11.1. The van der Waals surface area contributed by atoms with Crippen molar-refractivity contribution in [2.24, 2.45) is 0 Å². The Morgan fingerprint density at radius 3 is 2.54 bits per heavy atom. The number of nitrogens with one attached hydrogen (secondary N) is 1. The lowest BCUT2D eigenvalue weighted by Crippen LogP contribution is -2.42. The van der Waals surface area contributed by atoms with Crippen LogP contribution in [0.3, 0.4) is 0 Å². The average molecular weight is 488 g/mol. The number of H-pyrrole nitrogens is 1. The van der Waals surface area contributed by atoms with Crippen molar-refractivity contribution in [2.45, 2.75) is 71.3 Å². The van der Waals surface area contributed by atoms with Crippen LogP contribution in [-0.4, -0.2) is 55.1 Å². The quantitative estimate of drug-likeness (QED) is 0.348. The number of likely N-dealkylation sites (tertiary alicyclic amines) is 1. The Morgan fingerprint density at radius 2 is 1.80 bits per heavy atom. The van der Waals surface area contributed by atoms with Crippen LogP contribution in [-0.2, 0) is 0 Å². The van der Waals surface area contributed by atoms with E-state index in [1.807, 2.05) is 11.4 Å². The van der Waals surface area contributed by atoms with Gasteiger partial charge in [-0.2, -0.15) is 16.9 Å². The highest BCUT2D eigenvalue weighted by molar-refractivity contribution is 7.99. The van der Waals surface area contributed by atoms with Crippen LogP contribution in [0.15, 0.2) is 30.5 Å². The van der Waals surface area contributed by atoms with Crippen LogP contribution in [0.5, 0.6) is 0 Å². The normalized spacial score (nSPS) is 18.9. The second-order valence-corrected chi connectivity index (χ2v) is 12.1. The number of fused-ring (bicyclic) bond motifs is 2. The maximum atomic E-state index is 4.57. The van der Waals surface area contributed by atoms with Gasteiger partial charge in [-0.3, -0.25) is 0 Å². The van der Waals surface area contributed by atoms with E-state index in [1.165, 1.54) is 89.1 Å². The number of rotatable bonds is 4. The Balaban J connectivity index is 1.33. The maximum Gasteiger partial charge on any atom is 0.155 e. The smallest absolute Gasteiger partial charge is 0.155 e. The predicted molar refractivity (Wildman–Crippen MR) is 148 cm³/mol. The van der Waals surface area contributed by atoms with Gasteiger partial charge in [0, 0.05) is 28.7 Å². The Morgan fingerprint density at radius 1 is 1.03 bits per heavy atom. The van der Waals surface area contributed by atoms with Gasteiger partial charge in [0.1, 0.15) is 5.82 Å². The van der Waals surface area contributed by atoms with Gasteiger partial charge in [0.25, 0.3) is 0 Å². The van der Waals surface area contributed by atoms with Gasteiger partial charge in [-0.25, -0.2) is 9.50 Å². The van der Waals surface area contributed by atoms with Crippen LogP contribution in [0.25, 0.3) is 27.8 Å². The third kappa shape index (κ3) is 4.29. The summed E-state index contributed by atoms with van der Waals surface area (Å²) in [5, 5.41) is 5.95. The van der Waals surface area contributed by atoms with Crippen LogP contribution < -0.4 is 0 Å². The minimum atomic E-state index is 0.424. The Bertz CT molecular complexity index is 1350. The number of thioether (sulfide) groups is 1. The summed E-state index contributed by atoms with van der Waals surface area (Å²) in [5.74, 6) is 4.59. The molecule has 4 aromatic rings. The summed E-state index contributed by atoms with van der Waals surface area (Å²) in [6, 6.07) is 10.2. The van der Waals surface area contributed by atoms with Crippen LogP contribution in [0.2, 0.25) is 0 Å². The van der Waals surface area contributed by atoms with E-state index in [2.05, 4.69) is 83.0 Å². The number of aromatic nitrogens is 4. The first-order valence-electron chi connectivity index (χ1n) is 13.3. The molecule has 6 heteroatoms. The van der Waals surface area contributed by atoms with Crippen molar-refractivity contribution >= 4 is 28.3 Å². The number of pyridine rings is 1. The van der Waals surface area contributed by atoms with Gasteiger partial charge in [-0.1, -0.05) is 19.9 Å². The molecule has 1 aromatic carbocycles. The Kier molecular flexibility index (Phi) is 6.13. The molecule has 0 aliphatic carbocycles. The van der Waals surface area contributed by atoms with E-state index in [4.69, 9.17) is 0 Å². The minimum Gasteiger partial charge on any atom is -0.354 e. The molecular formula is C29H37N5S. The molecule has 5 heterocycles. The molecule has 2 aliphatic rings. The van der Waals surface area contributed by atoms with E-state index in [-0.39, 0.29) is 0 Å². The molecule has 0 atom stereocenters. The second kappa shape index (κ2) is 9.29. The van der Waals surface area contributed by atoms with E-state index in [9.17, 15) is 0 Å². The summed E-state index contributed by atoms with van der Waals surface area (Å²) >= 11 is 2.13. The zero-order valence-electron chi connectivity index (χ0n) is 21.5. The molecule has 2 fully saturated rings. The van der Waals surface area contributed by atoms with Crippen LogP contribution in [0.1, 0.15) is 73.9 Å². The third-order valence-electron chi connectivity index (χ3n) is 8.20. The molecule has 2 saturated heterocycles. The van der Waals surface area contributed by atoms with Crippen LogP contribution >= 0.6 is 11.8 Å². The molecule has 0 unspecified atom stereocenters. The van der Waals surface area contributed by atoms with Gasteiger partial charge in [-0.15, -0.1) is 0 Å². The van der Waals surface area contributed by atoms with Crippen molar-refractivity contribution in [2.75, 3.05) is 24.6 Å². The molecule has 5 nitrogen and oxygen atoms in total. The highest BCUT2D eigenvalue weighted by Gasteiger charge is 2.27. The molecule has 0 saturated carbocycles. The summed E-state index contributed by atoms with van der Waals surface area (Å²) in [7, 11) is 0. The number of benzene rings is 1. The summed E-state index contributed by atoms with van der Waals surface area (Å²) in [6.45, 7) is 11.3. The molecule has 3 aromatic heterocycles. The summed E-state index contributed by atoms with van der Waals surface area (Å²) < 4.78 is 1.91. The summed E-state index contributed by atoms with van der Waals surface area (Å²) in [6.07, 6.45) is 7.46. The zero-order valence-corrected chi connectivity index (χ0v) is 22.3. The third-order valence-corrected chi connectivity index (χ3v) is 9.25. The lowest BCUT2D eigenvalue weighted by atomic mass is 9.86. The maximum absolute atomic E-state index is 4.57. The topological polar surface area (TPSA) is 49.2 Å². The van der Waals surface area contributed by atoms with E-state index < -0.39 is 0 Å². The van der Waals surface area contributed by atoms with E-state index >= 15 is 0 Å². The molecule has 184 valence electrons. The number of hydrogen-bond donors (Lipinski definition) is 1. The minimum absolute atomic E-state index is 0.424. The summed E-state index contributed by atoms with van der Waals surface area (Å²) in [5.41, 5.74) is 8.74. The monoisotopic (exact) mass is 487 g/mol. The van der Waals surface area contributed by atoms with Crippen molar-refractivity contribution in [3.8, 4) is 11.3 Å². The number of aryl methyl sites for hydroxylation is 2. The number of piperidine rings is 1. The van der Waals surface area contributed by atoms with Crippen LogP contribution in [0, 0.1) is 13.8 Å². The van der Waals surface area contributed by atoms with Gasteiger partial charge in [0.15, 0.2) is 5.65 Å². The number of hydrogen-bond acceptors (Lipinski definition) is 4. The van der Waals surface area contributed by atoms with Gasteiger partial charge in [-0.05, 0) is 111 Å². The average Bonchev–Trinajstić information content (AvgIpc) is 3.42. The first-order valence-corrected chi connectivity index (χ1v) is 14.4. The first-order chi connectivity index (χ1) is 17.0. The highest BCUT2D eigenvalue weighted by atomic mass is 32.2. The van der Waals surface area contributed by atoms with Gasteiger partial charge in [0.05, 0.1) is 5.69 Å². The molecule has 0 spiro atoms. The largest absolute Gasteiger partial charge is 0.354 e. The van der Waals surface area contributed by atoms with Crippen molar-refractivity contribution in [1.29, 1.82) is 0 Å². The van der Waals surface area contributed by atoms with E-state index in [0.29, 0.717) is 11.8 Å². The molecule has 6 rings (SSSR count). The highest BCUT2D eigenvalue weighted by Crippen LogP contribution is 2.39. The molecule has 0 radical (unpaired) electrons. The molecule has 35 heavy (non-hydrogen) atoms.